The average molecular weight is 354 g/mol. The van der Waals surface area contributed by atoms with Crippen LogP contribution in [0.25, 0.3) is 0 Å². The summed E-state index contributed by atoms with van der Waals surface area (Å²) in [6.45, 7) is 0.455. The molecule has 4 heteroatoms. The minimum absolute atomic E-state index is 0.221. The van der Waals surface area contributed by atoms with E-state index in [0.717, 1.165) is 24.2 Å². The van der Waals surface area contributed by atoms with E-state index in [9.17, 15) is 4.39 Å². The van der Waals surface area contributed by atoms with Crippen molar-refractivity contribution in [2.45, 2.75) is 62.8 Å². The van der Waals surface area contributed by atoms with Crippen molar-refractivity contribution in [1.82, 2.24) is 5.32 Å². The summed E-state index contributed by atoms with van der Waals surface area (Å²) >= 11 is 0. The number of hydrogen-bond donors (Lipinski definition) is 2. The molecule has 2 saturated carbocycles. The number of nitrogens with one attached hydrogen (secondary N) is 1. The fraction of sp³-hybridized carbons (Fsp3) is 0.455. The van der Waals surface area contributed by atoms with Crippen molar-refractivity contribution in [2.24, 2.45) is 5.73 Å². The highest BCUT2D eigenvalue weighted by Gasteiger charge is 2.39. The first kappa shape index (κ1) is 17.5. The zero-order chi connectivity index (χ0) is 17.9. The molecule has 2 atom stereocenters. The first-order chi connectivity index (χ1) is 12.7. The third-order valence-corrected chi connectivity index (χ3v) is 5.64. The maximum Gasteiger partial charge on any atom is 0.123 e. The molecule has 0 aliphatic heterocycles. The third-order valence-electron chi connectivity index (χ3n) is 5.64. The number of hydrogen-bond acceptors (Lipinski definition) is 3. The van der Waals surface area contributed by atoms with E-state index in [1.165, 1.54) is 37.0 Å². The summed E-state index contributed by atoms with van der Waals surface area (Å²) in [6, 6.07) is 16.5. The minimum atomic E-state index is -0.221. The molecule has 0 radical (unpaired) electrons. The highest BCUT2D eigenvalue weighted by Crippen LogP contribution is 2.42. The molecule has 138 valence electrons. The topological polar surface area (TPSA) is 47.3 Å². The molecule has 3 nitrogen and oxygen atoms in total. The Kier molecular flexibility index (Phi) is 5.23. The summed E-state index contributed by atoms with van der Waals surface area (Å²) in [7, 11) is 0. The summed E-state index contributed by atoms with van der Waals surface area (Å²) in [5.74, 6) is 1.25. The number of ether oxygens (including phenoxy) is 1. The second-order valence-electron chi connectivity index (χ2n) is 7.71. The van der Waals surface area contributed by atoms with Gasteiger partial charge in [0.1, 0.15) is 18.2 Å². The normalized spacial score (nSPS) is 27.9. The monoisotopic (exact) mass is 354 g/mol. The van der Waals surface area contributed by atoms with Crippen molar-refractivity contribution in [3.05, 3.63) is 65.5 Å². The van der Waals surface area contributed by atoms with Crippen molar-refractivity contribution in [3.8, 4) is 5.75 Å². The Morgan fingerprint density at radius 1 is 0.962 bits per heavy atom. The van der Waals surface area contributed by atoms with E-state index in [4.69, 9.17) is 10.5 Å². The Morgan fingerprint density at radius 2 is 1.65 bits per heavy atom. The maximum atomic E-state index is 12.9. The quantitative estimate of drug-likeness (QED) is 0.820. The maximum absolute atomic E-state index is 12.9. The predicted octanol–water partition coefficient (Wildman–Crippen LogP) is 4.12. The zero-order valence-corrected chi connectivity index (χ0v) is 15.0. The molecule has 0 bridgehead atoms. The summed E-state index contributed by atoms with van der Waals surface area (Å²) in [4.78, 5) is 0. The smallest absolute Gasteiger partial charge is 0.123 e. The molecule has 0 spiro atoms. The number of nitrogens with two attached hydrogens (primary N) is 1. The summed E-state index contributed by atoms with van der Waals surface area (Å²) < 4.78 is 18.7. The van der Waals surface area contributed by atoms with Gasteiger partial charge in [-0.3, -0.25) is 0 Å². The van der Waals surface area contributed by atoms with Crippen LogP contribution in [-0.2, 0) is 6.61 Å². The molecule has 0 saturated heterocycles. The Balaban J connectivity index is 1.25. The molecule has 2 aromatic carbocycles. The summed E-state index contributed by atoms with van der Waals surface area (Å²) in [5, 5.41) is 3.81. The van der Waals surface area contributed by atoms with Gasteiger partial charge in [0, 0.05) is 24.0 Å². The molecule has 0 amide bonds. The Morgan fingerprint density at radius 3 is 2.35 bits per heavy atom. The molecule has 0 aromatic heterocycles. The molecule has 2 aliphatic rings. The van der Waals surface area contributed by atoms with Crippen LogP contribution >= 0.6 is 0 Å². The zero-order valence-electron chi connectivity index (χ0n) is 15.0. The third kappa shape index (κ3) is 4.43. The predicted molar refractivity (Wildman–Crippen MR) is 102 cm³/mol. The highest BCUT2D eigenvalue weighted by molar-refractivity contribution is 5.34. The number of rotatable bonds is 6. The number of benzene rings is 2. The van der Waals surface area contributed by atoms with Crippen LogP contribution in [0.5, 0.6) is 5.75 Å². The molecule has 2 fully saturated rings. The second-order valence-corrected chi connectivity index (χ2v) is 7.71. The van der Waals surface area contributed by atoms with Gasteiger partial charge < -0.3 is 15.8 Å². The van der Waals surface area contributed by atoms with E-state index in [1.54, 1.807) is 12.1 Å². The Labute approximate surface area is 154 Å². The SMILES string of the molecule is NC1CCC(N[C@@H]2C[C@H]2c2ccc(OCc3ccc(F)cc3)cc2)CC1. The van der Waals surface area contributed by atoms with Crippen LogP contribution in [-0.4, -0.2) is 18.1 Å². The summed E-state index contributed by atoms with van der Waals surface area (Å²) in [5.41, 5.74) is 8.33. The first-order valence-corrected chi connectivity index (χ1v) is 9.66. The lowest BCUT2D eigenvalue weighted by atomic mass is 9.92. The van der Waals surface area contributed by atoms with Crippen LogP contribution < -0.4 is 15.8 Å². The van der Waals surface area contributed by atoms with Crippen LogP contribution in [0.15, 0.2) is 48.5 Å². The molecule has 3 N–H and O–H groups in total. The van der Waals surface area contributed by atoms with Gasteiger partial charge in [0.05, 0.1) is 0 Å². The fourth-order valence-corrected chi connectivity index (χ4v) is 3.89. The van der Waals surface area contributed by atoms with Crippen molar-refractivity contribution in [2.75, 3.05) is 0 Å². The van der Waals surface area contributed by atoms with Gasteiger partial charge in [-0.05, 0) is 67.5 Å². The van der Waals surface area contributed by atoms with Gasteiger partial charge in [-0.15, -0.1) is 0 Å². The van der Waals surface area contributed by atoms with E-state index in [2.05, 4.69) is 17.4 Å². The van der Waals surface area contributed by atoms with Crippen molar-refractivity contribution in [1.29, 1.82) is 0 Å². The Hall–Kier alpha value is -1.91. The Bertz CT molecular complexity index is 708. The molecule has 26 heavy (non-hydrogen) atoms. The van der Waals surface area contributed by atoms with Gasteiger partial charge in [-0.2, -0.15) is 0 Å². The van der Waals surface area contributed by atoms with Crippen LogP contribution in [0.1, 0.15) is 49.1 Å². The molecule has 4 rings (SSSR count). The molecular formula is C22H27FN2O. The van der Waals surface area contributed by atoms with Gasteiger partial charge in [0.25, 0.3) is 0 Å². The lowest BCUT2D eigenvalue weighted by Gasteiger charge is -2.27. The van der Waals surface area contributed by atoms with Crippen LogP contribution in [0.3, 0.4) is 0 Å². The van der Waals surface area contributed by atoms with Crippen molar-refractivity contribution >= 4 is 0 Å². The largest absolute Gasteiger partial charge is 0.489 e. The molecular weight excluding hydrogens is 327 g/mol. The summed E-state index contributed by atoms with van der Waals surface area (Å²) in [6.07, 6.45) is 5.93. The van der Waals surface area contributed by atoms with Crippen LogP contribution in [0.2, 0.25) is 0 Å². The average Bonchev–Trinajstić information content (AvgIpc) is 3.43. The van der Waals surface area contributed by atoms with Gasteiger partial charge in [0.15, 0.2) is 0 Å². The van der Waals surface area contributed by atoms with Crippen molar-refractivity contribution in [3.63, 3.8) is 0 Å². The van der Waals surface area contributed by atoms with E-state index in [-0.39, 0.29) is 5.82 Å². The van der Waals surface area contributed by atoms with E-state index in [0.29, 0.717) is 30.7 Å². The van der Waals surface area contributed by atoms with E-state index < -0.39 is 0 Å². The minimum Gasteiger partial charge on any atom is -0.489 e. The van der Waals surface area contributed by atoms with Crippen LogP contribution in [0.4, 0.5) is 4.39 Å². The van der Waals surface area contributed by atoms with Gasteiger partial charge in [-0.25, -0.2) is 4.39 Å². The first-order valence-electron chi connectivity index (χ1n) is 9.66. The standard InChI is InChI=1S/C22H27FN2O/c23-17-5-1-15(2-6-17)14-26-20-11-3-16(4-12-20)21-13-22(21)25-19-9-7-18(24)8-10-19/h1-6,11-12,18-19,21-22,25H,7-10,13-14,24H2/t18?,19?,21-,22+/m0/s1. The highest BCUT2D eigenvalue weighted by atomic mass is 19.1. The molecule has 0 unspecified atom stereocenters. The molecule has 2 aromatic rings. The lowest BCUT2D eigenvalue weighted by Crippen LogP contribution is -2.38. The molecule has 0 heterocycles. The van der Waals surface area contributed by atoms with E-state index in [1.807, 2.05) is 12.1 Å². The van der Waals surface area contributed by atoms with E-state index >= 15 is 0 Å². The van der Waals surface area contributed by atoms with Crippen LogP contribution in [0, 0.1) is 5.82 Å². The molecule has 2 aliphatic carbocycles. The second kappa shape index (κ2) is 7.77. The van der Waals surface area contributed by atoms with Crippen molar-refractivity contribution < 1.29 is 9.13 Å². The van der Waals surface area contributed by atoms with Gasteiger partial charge in [-0.1, -0.05) is 24.3 Å². The fourth-order valence-electron chi connectivity index (χ4n) is 3.89. The lowest BCUT2D eigenvalue weighted by molar-refractivity contribution is 0.306. The van der Waals surface area contributed by atoms with Gasteiger partial charge in [0.2, 0.25) is 0 Å². The number of halogens is 1. The van der Waals surface area contributed by atoms with Gasteiger partial charge >= 0.3 is 0 Å².